The minimum Gasteiger partial charge on any atom is -0.477 e. The Bertz CT molecular complexity index is 344. The van der Waals surface area contributed by atoms with Crippen LogP contribution in [-0.2, 0) is 13.1 Å². The van der Waals surface area contributed by atoms with Crippen molar-refractivity contribution in [1.29, 1.82) is 0 Å². The van der Waals surface area contributed by atoms with Crippen LogP contribution in [0.5, 0.6) is 0 Å². The minimum absolute atomic E-state index is 0.283. The van der Waals surface area contributed by atoms with Crippen molar-refractivity contribution < 1.29 is 9.90 Å². The van der Waals surface area contributed by atoms with E-state index in [9.17, 15) is 4.79 Å². The first-order valence-electron chi connectivity index (χ1n) is 5.07. The molecule has 5 heteroatoms. The van der Waals surface area contributed by atoms with Gasteiger partial charge < -0.3 is 10.4 Å². The zero-order chi connectivity index (χ0) is 11.4. The molecule has 0 fully saturated rings. The van der Waals surface area contributed by atoms with Crippen LogP contribution in [0, 0.1) is 0 Å². The number of aromatic carboxylic acids is 1. The highest BCUT2D eigenvalue weighted by atomic mass is 16.4. The molecule has 0 unspecified atom stereocenters. The number of hydrogen-bond donors (Lipinski definition) is 2. The minimum atomic E-state index is -0.921. The van der Waals surface area contributed by atoms with Gasteiger partial charge in [-0.05, 0) is 6.92 Å². The number of hydrogen-bond acceptors (Lipinski definition) is 3. The summed E-state index contributed by atoms with van der Waals surface area (Å²) in [7, 11) is 0. The van der Waals surface area contributed by atoms with Crippen molar-refractivity contribution in [2.45, 2.75) is 39.9 Å². The third-order valence-electron chi connectivity index (χ3n) is 2.12. The van der Waals surface area contributed by atoms with Crippen LogP contribution in [0.1, 0.15) is 36.8 Å². The molecule has 0 spiro atoms. The molecule has 1 aromatic heterocycles. The van der Waals surface area contributed by atoms with E-state index in [1.807, 2.05) is 20.8 Å². The number of aryl methyl sites for hydroxylation is 1. The number of carbonyl (C=O) groups is 1. The van der Waals surface area contributed by atoms with Crippen molar-refractivity contribution in [3.05, 3.63) is 17.5 Å². The van der Waals surface area contributed by atoms with Crippen molar-refractivity contribution in [2.24, 2.45) is 0 Å². The predicted molar refractivity (Wildman–Crippen MR) is 56.8 cm³/mol. The molecular formula is C10H17N3O2. The van der Waals surface area contributed by atoms with Gasteiger partial charge in [-0.1, -0.05) is 13.8 Å². The Morgan fingerprint density at radius 1 is 1.67 bits per heavy atom. The van der Waals surface area contributed by atoms with Crippen LogP contribution in [0.25, 0.3) is 0 Å². The van der Waals surface area contributed by atoms with E-state index in [2.05, 4.69) is 10.4 Å². The number of carboxylic acids is 1. The fourth-order valence-electron chi connectivity index (χ4n) is 1.35. The summed E-state index contributed by atoms with van der Waals surface area (Å²) in [5.41, 5.74) is 1.02. The Kier molecular flexibility index (Phi) is 3.85. The van der Waals surface area contributed by atoms with Gasteiger partial charge in [0.05, 0.1) is 6.20 Å². The summed E-state index contributed by atoms with van der Waals surface area (Å²) in [5.74, 6) is -0.921. The number of rotatable bonds is 5. The average Bonchev–Trinajstić information content (AvgIpc) is 2.57. The first kappa shape index (κ1) is 11.7. The van der Waals surface area contributed by atoms with Gasteiger partial charge in [0, 0.05) is 24.7 Å². The molecule has 15 heavy (non-hydrogen) atoms. The smallest absolute Gasteiger partial charge is 0.354 e. The highest BCUT2D eigenvalue weighted by Gasteiger charge is 2.16. The van der Waals surface area contributed by atoms with Crippen molar-refractivity contribution in [1.82, 2.24) is 15.1 Å². The highest BCUT2D eigenvalue weighted by molar-refractivity contribution is 5.87. The van der Waals surface area contributed by atoms with Crippen molar-refractivity contribution in [3.63, 3.8) is 0 Å². The Balaban J connectivity index is 2.87. The highest BCUT2D eigenvalue weighted by Crippen LogP contribution is 2.08. The van der Waals surface area contributed by atoms with Crippen LogP contribution >= 0.6 is 0 Å². The van der Waals surface area contributed by atoms with E-state index < -0.39 is 5.97 Å². The molecule has 0 bridgehead atoms. The summed E-state index contributed by atoms with van der Waals surface area (Å²) >= 11 is 0. The molecule has 1 heterocycles. The fourth-order valence-corrected chi connectivity index (χ4v) is 1.35. The fraction of sp³-hybridized carbons (Fsp3) is 0.600. The van der Waals surface area contributed by atoms with Crippen LogP contribution in [0.15, 0.2) is 6.20 Å². The molecule has 0 aliphatic rings. The first-order chi connectivity index (χ1) is 7.06. The molecule has 0 amide bonds. The maximum Gasteiger partial charge on any atom is 0.354 e. The Morgan fingerprint density at radius 3 is 2.80 bits per heavy atom. The topological polar surface area (TPSA) is 67.2 Å². The first-order valence-corrected chi connectivity index (χ1v) is 5.07. The molecule has 5 nitrogen and oxygen atoms in total. The summed E-state index contributed by atoms with van der Waals surface area (Å²) < 4.78 is 1.50. The van der Waals surface area contributed by atoms with Crippen LogP contribution in [-0.4, -0.2) is 26.9 Å². The quantitative estimate of drug-likeness (QED) is 0.765. The summed E-state index contributed by atoms with van der Waals surface area (Å²) in [6.07, 6.45) is 1.61. The van der Waals surface area contributed by atoms with Crippen LogP contribution in [0.3, 0.4) is 0 Å². The molecule has 0 atom stereocenters. The zero-order valence-corrected chi connectivity index (χ0v) is 9.32. The molecule has 0 radical (unpaired) electrons. The van der Waals surface area contributed by atoms with Crippen molar-refractivity contribution in [2.75, 3.05) is 0 Å². The number of nitrogens with zero attached hydrogens (tertiary/aromatic N) is 2. The summed E-state index contributed by atoms with van der Waals surface area (Å²) in [4.78, 5) is 11.0. The van der Waals surface area contributed by atoms with E-state index in [1.165, 1.54) is 4.68 Å². The molecule has 0 aromatic carbocycles. The second kappa shape index (κ2) is 4.93. The van der Waals surface area contributed by atoms with E-state index in [4.69, 9.17) is 5.11 Å². The van der Waals surface area contributed by atoms with Gasteiger partial charge in [0.25, 0.3) is 0 Å². The van der Waals surface area contributed by atoms with E-state index >= 15 is 0 Å². The lowest BCUT2D eigenvalue weighted by Gasteiger charge is -2.07. The lowest BCUT2D eigenvalue weighted by Crippen LogP contribution is -2.23. The number of nitrogens with one attached hydrogen (secondary N) is 1. The second-order valence-electron chi connectivity index (χ2n) is 3.67. The van der Waals surface area contributed by atoms with Crippen molar-refractivity contribution in [3.8, 4) is 0 Å². The Morgan fingerprint density at radius 2 is 2.33 bits per heavy atom. The monoisotopic (exact) mass is 211 g/mol. The third kappa shape index (κ3) is 2.79. The standard InChI is InChI=1S/C10H17N3O2/c1-4-13-9(10(14)15)8(6-12-13)5-11-7(2)3/h6-7,11H,4-5H2,1-3H3,(H,14,15). The number of aromatic nitrogens is 2. The third-order valence-corrected chi connectivity index (χ3v) is 2.12. The van der Waals surface area contributed by atoms with Gasteiger partial charge in [-0.15, -0.1) is 0 Å². The Hall–Kier alpha value is -1.36. The lowest BCUT2D eigenvalue weighted by molar-refractivity contribution is 0.0682. The Labute approximate surface area is 89.1 Å². The van der Waals surface area contributed by atoms with Crippen LogP contribution in [0.2, 0.25) is 0 Å². The predicted octanol–water partition coefficient (Wildman–Crippen LogP) is 1.10. The SMILES string of the molecule is CCn1ncc(CNC(C)C)c1C(=O)O. The van der Waals surface area contributed by atoms with Crippen molar-refractivity contribution >= 4 is 5.97 Å². The van der Waals surface area contributed by atoms with E-state index in [-0.39, 0.29) is 5.69 Å². The average molecular weight is 211 g/mol. The summed E-state index contributed by atoms with van der Waals surface area (Å²) in [6, 6.07) is 0.330. The van der Waals surface area contributed by atoms with Gasteiger partial charge in [0.15, 0.2) is 5.69 Å². The molecule has 1 rings (SSSR count). The van der Waals surface area contributed by atoms with E-state index in [1.54, 1.807) is 6.20 Å². The number of carboxylic acid groups (broad SMARTS) is 1. The molecule has 0 saturated carbocycles. The van der Waals surface area contributed by atoms with E-state index in [0.717, 1.165) is 5.56 Å². The van der Waals surface area contributed by atoms with Gasteiger partial charge in [0.2, 0.25) is 0 Å². The van der Waals surface area contributed by atoms with Gasteiger partial charge in [-0.2, -0.15) is 5.10 Å². The molecule has 0 aliphatic heterocycles. The van der Waals surface area contributed by atoms with Gasteiger partial charge in [-0.3, -0.25) is 4.68 Å². The molecular weight excluding hydrogens is 194 g/mol. The molecule has 0 saturated heterocycles. The van der Waals surface area contributed by atoms with Crippen LogP contribution in [0.4, 0.5) is 0 Å². The second-order valence-corrected chi connectivity index (χ2v) is 3.67. The molecule has 0 aliphatic carbocycles. The van der Waals surface area contributed by atoms with Gasteiger partial charge >= 0.3 is 5.97 Å². The zero-order valence-electron chi connectivity index (χ0n) is 9.32. The van der Waals surface area contributed by atoms with Gasteiger partial charge in [-0.25, -0.2) is 4.79 Å². The maximum atomic E-state index is 11.0. The van der Waals surface area contributed by atoms with Gasteiger partial charge in [0.1, 0.15) is 0 Å². The summed E-state index contributed by atoms with van der Waals surface area (Å²) in [5, 5.41) is 16.3. The van der Waals surface area contributed by atoms with E-state index in [0.29, 0.717) is 19.1 Å². The molecule has 84 valence electrons. The summed E-state index contributed by atoms with van der Waals surface area (Å²) in [6.45, 7) is 7.02. The van der Waals surface area contributed by atoms with Crippen LogP contribution < -0.4 is 5.32 Å². The maximum absolute atomic E-state index is 11.0. The molecule has 2 N–H and O–H groups in total. The lowest BCUT2D eigenvalue weighted by atomic mass is 10.2. The normalized spacial score (nSPS) is 10.9. The largest absolute Gasteiger partial charge is 0.477 e. The molecule has 1 aromatic rings.